The summed E-state index contributed by atoms with van der Waals surface area (Å²) in [6, 6.07) is 3.44. The molecule has 1 aromatic carbocycles. The van der Waals surface area contributed by atoms with E-state index in [0.717, 1.165) is 24.3 Å². The summed E-state index contributed by atoms with van der Waals surface area (Å²) in [7, 11) is 0. The molecule has 0 aromatic heterocycles. The van der Waals surface area contributed by atoms with Crippen molar-refractivity contribution in [2.45, 2.75) is 53.0 Å². The summed E-state index contributed by atoms with van der Waals surface area (Å²) < 4.78 is 13.8. The lowest BCUT2D eigenvalue weighted by Gasteiger charge is -2.28. The SMILES string of the molecule is Cc1cc(N2CCCC(C)(C)CC2)c([C@@H](C)N)cc1F. The molecule has 1 aromatic rings. The molecule has 0 saturated carbocycles. The summed E-state index contributed by atoms with van der Waals surface area (Å²) >= 11 is 0. The first-order valence-corrected chi connectivity index (χ1v) is 7.61. The van der Waals surface area contributed by atoms with Crippen LogP contribution in [0.1, 0.15) is 57.2 Å². The molecule has 0 amide bonds. The van der Waals surface area contributed by atoms with E-state index in [9.17, 15) is 4.39 Å². The molecule has 20 heavy (non-hydrogen) atoms. The highest BCUT2D eigenvalue weighted by molar-refractivity contribution is 5.57. The molecule has 0 radical (unpaired) electrons. The molecular formula is C17H27FN2. The Balaban J connectivity index is 2.34. The van der Waals surface area contributed by atoms with E-state index >= 15 is 0 Å². The second-order valence-electron chi connectivity index (χ2n) is 6.95. The standard InChI is InChI=1S/C17H27FN2/c1-12-10-16(14(13(2)19)11-15(12)18)20-8-5-6-17(3,4)7-9-20/h10-11,13H,5-9,19H2,1-4H3/t13-/m1/s1. The fraction of sp³-hybridized carbons (Fsp3) is 0.647. The van der Waals surface area contributed by atoms with Crippen molar-refractivity contribution in [3.8, 4) is 0 Å². The Kier molecular flexibility index (Phi) is 4.38. The number of halogens is 1. The minimum atomic E-state index is -0.156. The maximum absolute atomic E-state index is 13.8. The molecule has 0 unspecified atom stereocenters. The zero-order valence-corrected chi connectivity index (χ0v) is 13.2. The minimum absolute atomic E-state index is 0.142. The Labute approximate surface area is 122 Å². The van der Waals surface area contributed by atoms with E-state index in [0.29, 0.717) is 11.0 Å². The number of benzene rings is 1. The first-order chi connectivity index (χ1) is 9.30. The summed E-state index contributed by atoms with van der Waals surface area (Å²) in [4.78, 5) is 2.39. The molecule has 2 N–H and O–H groups in total. The monoisotopic (exact) mass is 278 g/mol. The molecule has 1 heterocycles. The van der Waals surface area contributed by atoms with Crippen LogP contribution in [0.25, 0.3) is 0 Å². The fourth-order valence-electron chi connectivity index (χ4n) is 2.98. The van der Waals surface area contributed by atoms with Gasteiger partial charge in [0.15, 0.2) is 0 Å². The number of nitrogens with two attached hydrogens (primary N) is 1. The highest BCUT2D eigenvalue weighted by atomic mass is 19.1. The topological polar surface area (TPSA) is 29.3 Å². The normalized spacial score (nSPS) is 20.6. The van der Waals surface area contributed by atoms with E-state index in [1.165, 1.54) is 19.3 Å². The lowest BCUT2D eigenvalue weighted by molar-refractivity contribution is 0.325. The zero-order valence-electron chi connectivity index (χ0n) is 13.2. The summed E-state index contributed by atoms with van der Waals surface area (Å²) in [5.41, 5.74) is 9.19. The molecular weight excluding hydrogens is 251 g/mol. The first-order valence-electron chi connectivity index (χ1n) is 7.61. The van der Waals surface area contributed by atoms with Gasteiger partial charge in [-0.15, -0.1) is 0 Å². The van der Waals surface area contributed by atoms with Crippen LogP contribution in [0.15, 0.2) is 12.1 Å². The van der Waals surface area contributed by atoms with Gasteiger partial charge in [0, 0.05) is 24.8 Å². The highest BCUT2D eigenvalue weighted by Crippen LogP contribution is 2.34. The molecule has 2 nitrogen and oxygen atoms in total. The van der Waals surface area contributed by atoms with Crippen LogP contribution in [0.2, 0.25) is 0 Å². The van der Waals surface area contributed by atoms with E-state index in [1.54, 1.807) is 6.07 Å². The van der Waals surface area contributed by atoms with Gasteiger partial charge < -0.3 is 10.6 Å². The van der Waals surface area contributed by atoms with Gasteiger partial charge in [0.1, 0.15) is 5.82 Å². The van der Waals surface area contributed by atoms with Crippen molar-refractivity contribution in [1.29, 1.82) is 0 Å². The van der Waals surface area contributed by atoms with Gasteiger partial charge in [-0.3, -0.25) is 0 Å². The maximum Gasteiger partial charge on any atom is 0.126 e. The quantitative estimate of drug-likeness (QED) is 0.879. The maximum atomic E-state index is 13.8. The molecule has 0 spiro atoms. The number of rotatable bonds is 2. The Bertz CT molecular complexity index is 480. The van der Waals surface area contributed by atoms with Crippen LogP contribution in [0, 0.1) is 18.2 Å². The van der Waals surface area contributed by atoms with Crippen LogP contribution >= 0.6 is 0 Å². The van der Waals surface area contributed by atoms with E-state index in [4.69, 9.17) is 5.73 Å². The number of anilines is 1. The Morgan fingerprint density at radius 1 is 1.25 bits per heavy atom. The summed E-state index contributed by atoms with van der Waals surface area (Å²) in [5, 5.41) is 0. The number of hydrogen-bond donors (Lipinski definition) is 1. The third-order valence-electron chi connectivity index (χ3n) is 4.48. The van der Waals surface area contributed by atoms with Crippen LogP contribution in [-0.2, 0) is 0 Å². The van der Waals surface area contributed by atoms with Gasteiger partial charge in [0.25, 0.3) is 0 Å². The third-order valence-corrected chi connectivity index (χ3v) is 4.48. The molecule has 1 saturated heterocycles. The van der Waals surface area contributed by atoms with Crippen LogP contribution < -0.4 is 10.6 Å². The molecule has 3 heteroatoms. The summed E-state index contributed by atoms with van der Waals surface area (Å²) in [6.07, 6.45) is 3.60. The minimum Gasteiger partial charge on any atom is -0.371 e. The van der Waals surface area contributed by atoms with E-state index in [1.807, 2.05) is 19.9 Å². The predicted octanol–water partition coefficient (Wildman–Crippen LogP) is 4.17. The number of aryl methyl sites for hydroxylation is 1. The molecule has 112 valence electrons. The molecule has 1 fully saturated rings. The average molecular weight is 278 g/mol. The zero-order chi connectivity index (χ0) is 14.9. The van der Waals surface area contributed by atoms with Crippen LogP contribution in [0.3, 0.4) is 0 Å². The van der Waals surface area contributed by atoms with Crippen molar-refractivity contribution in [2.24, 2.45) is 11.1 Å². The average Bonchev–Trinajstić information content (AvgIpc) is 2.53. The van der Waals surface area contributed by atoms with Crippen LogP contribution in [-0.4, -0.2) is 13.1 Å². The van der Waals surface area contributed by atoms with Crippen molar-refractivity contribution in [2.75, 3.05) is 18.0 Å². The summed E-state index contributed by atoms with van der Waals surface area (Å²) in [6.45, 7) is 10.5. The van der Waals surface area contributed by atoms with Gasteiger partial charge in [-0.05, 0) is 61.8 Å². The lowest BCUT2D eigenvalue weighted by Crippen LogP contribution is -2.27. The smallest absolute Gasteiger partial charge is 0.126 e. The second-order valence-corrected chi connectivity index (χ2v) is 6.95. The Morgan fingerprint density at radius 3 is 2.60 bits per heavy atom. The predicted molar refractivity (Wildman–Crippen MR) is 83.6 cm³/mol. The van der Waals surface area contributed by atoms with Gasteiger partial charge >= 0.3 is 0 Å². The molecule has 0 bridgehead atoms. The fourth-order valence-corrected chi connectivity index (χ4v) is 2.98. The Morgan fingerprint density at radius 2 is 1.95 bits per heavy atom. The number of hydrogen-bond acceptors (Lipinski definition) is 2. The molecule has 1 aliphatic rings. The van der Waals surface area contributed by atoms with Gasteiger partial charge in [0.05, 0.1) is 0 Å². The lowest BCUT2D eigenvalue weighted by atomic mass is 9.85. The van der Waals surface area contributed by atoms with Crippen molar-refractivity contribution in [1.82, 2.24) is 0 Å². The molecule has 1 atom stereocenters. The highest BCUT2D eigenvalue weighted by Gasteiger charge is 2.25. The van der Waals surface area contributed by atoms with Gasteiger partial charge in [0.2, 0.25) is 0 Å². The van der Waals surface area contributed by atoms with Crippen LogP contribution in [0.4, 0.5) is 10.1 Å². The number of nitrogens with zero attached hydrogens (tertiary/aromatic N) is 1. The summed E-state index contributed by atoms with van der Waals surface area (Å²) in [5.74, 6) is -0.156. The van der Waals surface area contributed by atoms with Gasteiger partial charge in [-0.2, -0.15) is 0 Å². The van der Waals surface area contributed by atoms with E-state index < -0.39 is 0 Å². The van der Waals surface area contributed by atoms with E-state index in [2.05, 4.69) is 18.7 Å². The molecule has 1 aliphatic heterocycles. The third kappa shape index (κ3) is 3.32. The largest absolute Gasteiger partial charge is 0.371 e. The Hall–Kier alpha value is -1.09. The van der Waals surface area contributed by atoms with Gasteiger partial charge in [-0.25, -0.2) is 4.39 Å². The van der Waals surface area contributed by atoms with Crippen molar-refractivity contribution < 1.29 is 4.39 Å². The second kappa shape index (κ2) is 5.72. The molecule has 0 aliphatic carbocycles. The molecule has 2 rings (SSSR count). The first kappa shape index (κ1) is 15.3. The van der Waals surface area contributed by atoms with Gasteiger partial charge in [-0.1, -0.05) is 13.8 Å². The van der Waals surface area contributed by atoms with Crippen molar-refractivity contribution in [3.05, 3.63) is 29.1 Å². The van der Waals surface area contributed by atoms with Crippen LogP contribution in [0.5, 0.6) is 0 Å². The van der Waals surface area contributed by atoms with Crippen molar-refractivity contribution in [3.63, 3.8) is 0 Å². The van der Waals surface area contributed by atoms with Crippen molar-refractivity contribution >= 4 is 5.69 Å². The van der Waals surface area contributed by atoms with E-state index in [-0.39, 0.29) is 11.9 Å².